The van der Waals surface area contributed by atoms with Gasteiger partial charge in [0.1, 0.15) is 24.4 Å². The summed E-state index contributed by atoms with van der Waals surface area (Å²) >= 11 is 0. The summed E-state index contributed by atoms with van der Waals surface area (Å²) in [6.45, 7) is 3.73. The summed E-state index contributed by atoms with van der Waals surface area (Å²) < 4.78 is 11.3. The third-order valence-electron chi connectivity index (χ3n) is 14.6. The summed E-state index contributed by atoms with van der Waals surface area (Å²) in [4.78, 5) is 13.1. The van der Waals surface area contributed by atoms with Crippen LogP contribution in [0.15, 0.2) is 122 Å². The van der Waals surface area contributed by atoms with Gasteiger partial charge in [0, 0.05) is 6.42 Å². The fraction of sp³-hybridized carbons (Fsp3) is 0.700. The van der Waals surface area contributed by atoms with Crippen LogP contribution in [-0.4, -0.2) is 87.5 Å². The first-order chi connectivity index (χ1) is 38.8. The molecule has 1 amide bonds. The number of nitrogens with one attached hydrogen (secondary N) is 1. The van der Waals surface area contributed by atoms with Gasteiger partial charge in [-0.2, -0.15) is 0 Å². The van der Waals surface area contributed by atoms with E-state index in [9.17, 15) is 30.3 Å². The molecule has 7 atom stereocenters. The molecule has 1 heterocycles. The van der Waals surface area contributed by atoms with Gasteiger partial charge in [0.15, 0.2) is 6.29 Å². The van der Waals surface area contributed by atoms with Crippen molar-refractivity contribution in [3.8, 4) is 0 Å². The van der Waals surface area contributed by atoms with E-state index >= 15 is 0 Å². The molecule has 452 valence electrons. The Balaban J connectivity index is 2.16. The van der Waals surface area contributed by atoms with Crippen LogP contribution in [0, 0.1) is 0 Å². The fourth-order valence-corrected chi connectivity index (χ4v) is 9.54. The van der Waals surface area contributed by atoms with Crippen molar-refractivity contribution in [3.63, 3.8) is 0 Å². The largest absolute Gasteiger partial charge is 0.394 e. The van der Waals surface area contributed by atoms with E-state index in [1.54, 1.807) is 0 Å². The molecular formula is C70H119NO8. The topological polar surface area (TPSA) is 149 Å². The average Bonchev–Trinajstić information content (AvgIpc) is 3.48. The Kier molecular flexibility index (Phi) is 53.9. The zero-order chi connectivity index (χ0) is 57.2. The molecule has 1 aliphatic heterocycles. The lowest BCUT2D eigenvalue weighted by molar-refractivity contribution is -0.302. The molecule has 9 heteroatoms. The Hall–Kier alpha value is -3.41. The predicted molar refractivity (Wildman–Crippen MR) is 336 cm³/mol. The predicted octanol–water partition coefficient (Wildman–Crippen LogP) is 17.1. The minimum absolute atomic E-state index is 0.147. The van der Waals surface area contributed by atoms with Crippen LogP contribution in [0.3, 0.4) is 0 Å². The molecule has 9 nitrogen and oxygen atoms in total. The van der Waals surface area contributed by atoms with Crippen LogP contribution >= 0.6 is 0 Å². The molecule has 6 N–H and O–H groups in total. The van der Waals surface area contributed by atoms with Crippen LogP contribution < -0.4 is 5.32 Å². The van der Waals surface area contributed by atoms with Gasteiger partial charge in [0.2, 0.25) is 5.91 Å². The van der Waals surface area contributed by atoms with Gasteiger partial charge in [0.05, 0.1) is 25.4 Å². The smallest absolute Gasteiger partial charge is 0.220 e. The molecule has 1 fully saturated rings. The third-order valence-corrected chi connectivity index (χ3v) is 14.6. The quantitative estimate of drug-likeness (QED) is 0.0261. The number of hydrogen-bond donors (Lipinski definition) is 6. The van der Waals surface area contributed by atoms with E-state index in [4.69, 9.17) is 9.47 Å². The van der Waals surface area contributed by atoms with E-state index in [1.165, 1.54) is 116 Å². The standard InChI is InChI=1S/C70H119NO8/c1-3-5-7-9-11-13-15-17-19-21-22-23-24-25-26-27-28-29-30-31-32-33-34-35-36-37-38-39-40-41-42-44-46-48-50-52-54-56-58-60-66(74)71-63(62-78-70-69(77)68(76)67(75)65(61-72)79-70)64(73)59-57-55-53-51-49-47-45-43-20-18-16-14-12-10-8-6-4-2/h5,7,11,13,17,19,22-23,25-26,28-29,31-32,34-35,37-38,40-41,63-65,67-70,72-73,75-77H,3-4,6,8-10,12,14-16,18,20-21,24,27,30,33,36,39,42-62H2,1-2H3,(H,71,74)/b7-5-,13-11-,19-17-,23-22-,26-25-,29-28-,32-31-,35-34-,38-37-,41-40-. The zero-order valence-corrected chi connectivity index (χ0v) is 50.3. The van der Waals surface area contributed by atoms with Gasteiger partial charge < -0.3 is 40.3 Å². The summed E-state index contributed by atoms with van der Waals surface area (Å²) in [6, 6.07) is -0.732. The molecule has 0 aromatic rings. The van der Waals surface area contributed by atoms with Crippen molar-refractivity contribution >= 4 is 5.91 Å². The number of aliphatic hydroxyl groups is 5. The number of carbonyl (C=O) groups is 1. The Labute approximate surface area is 484 Å². The molecule has 1 saturated heterocycles. The van der Waals surface area contributed by atoms with Crippen LogP contribution in [0.2, 0.25) is 0 Å². The highest BCUT2D eigenvalue weighted by molar-refractivity contribution is 5.76. The van der Waals surface area contributed by atoms with Crippen molar-refractivity contribution in [2.45, 2.75) is 301 Å². The van der Waals surface area contributed by atoms with Gasteiger partial charge >= 0.3 is 0 Å². The van der Waals surface area contributed by atoms with E-state index in [2.05, 4.69) is 141 Å². The number of ether oxygens (including phenoxy) is 2. The van der Waals surface area contributed by atoms with Gasteiger partial charge in [-0.3, -0.25) is 4.79 Å². The van der Waals surface area contributed by atoms with Gasteiger partial charge in [-0.25, -0.2) is 0 Å². The number of unbranched alkanes of at least 4 members (excludes halogenated alkanes) is 24. The minimum atomic E-state index is -1.56. The van der Waals surface area contributed by atoms with Crippen molar-refractivity contribution in [1.29, 1.82) is 0 Å². The Bertz CT molecular complexity index is 1660. The summed E-state index contributed by atoms with van der Waals surface area (Å²) in [5, 5.41) is 54.8. The molecule has 0 aliphatic carbocycles. The second-order valence-corrected chi connectivity index (χ2v) is 21.8. The van der Waals surface area contributed by atoms with E-state index in [-0.39, 0.29) is 12.5 Å². The molecule has 1 rings (SSSR count). The van der Waals surface area contributed by atoms with Crippen molar-refractivity contribution < 1.29 is 39.8 Å². The van der Waals surface area contributed by atoms with Gasteiger partial charge in [-0.15, -0.1) is 0 Å². The first-order valence-corrected chi connectivity index (χ1v) is 32.2. The summed E-state index contributed by atoms with van der Waals surface area (Å²) in [6.07, 6.45) is 79.5. The Morgan fingerprint density at radius 2 is 0.785 bits per heavy atom. The van der Waals surface area contributed by atoms with E-state index in [0.717, 1.165) is 116 Å². The number of aliphatic hydroxyl groups excluding tert-OH is 5. The van der Waals surface area contributed by atoms with Crippen molar-refractivity contribution in [2.75, 3.05) is 13.2 Å². The van der Waals surface area contributed by atoms with E-state index < -0.39 is 49.5 Å². The molecule has 0 spiro atoms. The van der Waals surface area contributed by atoms with Crippen LogP contribution in [-0.2, 0) is 14.3 Å². The van der Waals surface area contributed by atoms with E-state index in [0.29, 0.717) is 12.8 Å². The van der Waals surface area contributed by atoms with Crippen molar-refractivity contribution in [3.05, 3.63) is 122 Å². The second-order valence-electron chi connectivity index (χ2n) is 21.8. The lowest BCUT2D eigenvalue weighted by Gasteiger charge is -2.40. The van der Waals surface area contributed by atoms with Crippen LogP contribution in [0.4, 0.5) is 0 Å². The number of carbonyl (C=O) groups excluding carboxylic acids is 1. The third kappa shape index (κ3) is 46.9. The minimum Gasteiger partial charge on any atom is -0.394 e. The summed E-state index contributed by atoms with van der Waals surface area (Å²) in [7, 11) is 0. The number of amides is 1. The van der Waals surface area contributed by atoms with Crippen LogP contribution in [0.25, 0.3) is 0 Å². The molecule has 0 saturated carbocycles. The van der Waals surface area contributed by atoms with Gasteiger partial charge in [-0.1, -0.05) is 283 Å². The fourth-order valence-electron chi connectivity index (χ4n) is 9.54. The lowest BCUT2D eigenvalue weighted by Crippen LogP contribution is -2.60. The van der Waals surface area contributed by atoms with Crippen LogP contribution in [0.1, 0.15) is 258 Å². The van der Waals surface area contributed by atoms with E-state index in [1.807, 2.05) is 0 Å². The molecular weight excluding hydrogens is 983 g/mol. The first kappa shape index (κ1) is 73.6. The number of allylic oxidation sites excluding steroid dienone is 20. The second kappa shape index (κ2) is 57.8. The SMILES string of the molecule is CC/C=C\C/C=C\C/C=C\C/C=C\C/C=C\C/C=C\C/C=C\C/C=C\C/C=C\C/C=C\CCCCCCCCCCC(=O)NC(COC1OC(CO)C(O)C(O)C1O)C(O)CCCCCCCCCCCCCCCCCCC. The normalized spacial score (nSPS) is 19.4. The number of rotatable bonds is 54. The number of hydrogen-bond acceptors (Lipinski definition) is 8. The maximum atomic E-state index is 13.1. The Morgan fingerprint density at radius 3 is 1.16 bits per heavy atom. The lowest BCUT2D eigenvalue weighted by atomic mass is 9.99. The molecule has 1 aliphatic rings. The molecule has 0 radical (unpaired) electrons. The maximum Gasteiger partial charge on any atom is 0.220 e. The molecule has 0 bridgehead atoms. The maximum absolute atomic E-state index is 13.1. The average molecular weight is 1100 g/mol. The van der Waals surface area contributed by atoms with Crippen molar-refractivity contribution in [1.82, 2.24) is 5.32 Å². The van der Waals surface area contributed by atoms with Gasteiger partial charge in [0.25, 0.3) is 0 Å². The monoisotopic (exact) mass is 1100 g/mol. The van der Waals surface area contributed by atoms with Gasteiger partial charge in [-0.05, 0) is 89.9 Å². The molecule has 79 heavy (non-hydrogen) atoms. The van der Waals surface area contributed by atoms with Crippen LogP contribution in [0.5, 0.6) is 0 Å². The highest BCUT2D eigenvalue weighted by atomic mass is 16.7. The molecule has 7 unspecified atom stereocenters. The zero-order valence-electron chi connectivity index (χ0n) is 50.3. The molecule has 0 aromatic heterocycles. The first-order valence-electron chi connectivity index (χ1n) is 32.2. The highest BCUT2D eigenvalue weighted by Gasteiger charge is 2.44. The molecule has 0 aromatic carbocycles. The Morgan fingerprint density at radius 1 is 0.443 bits per heavy atom. The summed E-state index contributed by atoms with van der Waals surface area (Å²) in [5.74, 6) is -0.156. The highest BCUT2D eigenvalue weighted by Crippen LogP contribution is 2.23. The van der Waals surface area contributed by atoms with Crippen molar-refractivity contribution in [2.24, 2.45) is 0 Å². The summed E-state index contributed by atoms with van der Waals surface area (Å²) in [5.41, 5.74) is 0.